The smallest absolute Gasteiger partial charge is 0.152 e. The first-order valence-electron chi connectivity index (χ1n) is 6.71. The van der Waals surface area contributed by atoms with Crippen molar-refractivity contribution in [2.24, 2.45) is 0 Å². The van der Waals surface area contributed by atoms with Crippen LogP contribution in [-0.4, -0.2) is 4.98 Å². The number of hydrogen-bond donors (Lipinski definition) is 0. The Balaban J connectivity index is 1.76. The lowest BCUT2D eigenvalue weighted by Crippen LogP contribution is -1.97. The summed E-state index contributed by atoms with van der Waals surface area (Å²) in [6.07, 6.45) is 0. The summed E-state index contributed by atoms with van der Waals surface area (Å²) in [4.78, 5) is 4.55. The molecule has 0 aliphatic heterocycles. The summed E-state index contributed by atoms with van der Waals surface area (Å²) in [7, 11) is 0. The summed E-state index contributed by atoms with van der Waals surface area (Å²) < 4.78 is 6.53. The van der Waals surface area contributed by atoms with Crippen molar-refractivity contribution in [3.63, 3.8) is 0 Å². The first-order valence-corrected chi connectivity index (χ1v) is 7.51. The average Bonchev–Trinajstić information content (AvgIpc) is 2.55. The predicted octanol–water partition coefficient (Wildman–Crippen LogP) is 5.09. The largest absolute Gasteiger partial charge is 0.486 e. The predicted molar refractivity (Wildman–Crippen MR) is 88.1 cm³/mol. The second-order valence-corrected chi connectivity index (χ2v) is 5.38. The first-order chi connectivity index (χ1) is 10.3. The minimum Gasteiger partial charge on any atom is -0.486 e. The maximum atomic E-state index is 5.80. The fourth-order valence-electron chi connectivity index (χ4n) is 2.03. The normalized spacial score (nSPS) is 10.3. The first kappa shape index (κ1) is 13.8. The van der Waals surface area contributed by atoms with Crippen molar-refractivity contribution >= 4 is 15.9 Å². The highest BCUT2D eigenvalue weighted by molar-refractivity contribution is 9.10. The van der Waals surface area contributed by atoms with Crippen LogP contribution < -0.4 is 4.74 Å². The zero-order chi connectivity index (χ0) is 14.5. The van der Waals surface area contributed by atoms with E-state index < -0.39 is 0 Å². The summed E-state index contributed by atoms with van der Waals surface area (Å²) >= 11 is 3.48. The third kappa shape index (κ3) is 3.50. The maximum absolute atomic E-state index is 5.80. The molecule has 2 nitrogen and oxygen atoms in total. The number of hydrogen-bond acceptors (Lipinski definition) is 2. The van der Waals surface area contributed by atoms with Crippen molar-refractivity contribution in [3.05, 3.63) is 83.0 Å². The second-order valence-electron chi connectivity index (χ2n) is 4.63. The molecule has 2 aromatic carbocycles. The van der Waals surface area contributed by atoms with Gasteiger partial charge in [-0.3, -0.25) is 0 Å². The zero-order valence-corrected chi connectivity index (χ0v) is 13.0. The molecule has 0 radical (unpaired) electrons. The molecule has 0 N–H and O–H groups in total. The van der Waals surface area contributed by atoms with E-state index in [9.17, 15) is 0 Å². The highest BCUT2D eigenvalue weighted by Crippen LogP contribution is 2.27. The van der Waals surface area contributed by atoms with Gasteiger partial charge in [0.05, 0.1) is 5.69 Å². The van der Waals surface area contributed by atoms with Crippen molar-refractivity contribution in [1.82, 2.24) is 4.98 Å². The lowest BCUT2D eigenvalue weighted by molar-refractivity contribution is 0.303. The Bertz CT molecular complexity index is 714. The van der Waals surface area contributed by atoms with Gasteiger partial charge >= 0.3 is 0 Å². The highest BCUT2D eigenvalue weighted by Gasteiger charge is 2.06. The number of pyridine rings is 1. The number of ether oxygens (including phenoxy) is 1. The summed E-state index contributed by atoms with van der Waals surface area (Å²) in [5, 5.41) is 0. The van der Waals surface area contributed by atoms with Crippen molar-refractivity contribution < 1.29 is 4.74 Å². The zero-order valence-electron chi connectivity index (χ0n) is 11.4. The Labute approximate surface area is 132 Å². The lowest BCUT2D eigenvalue weighted by atomic mass is 10.1. The summed E-state index contributed by atoms with van der Waals surface area (Å²) in [6.45, 7) is 0.534. The van der Waals surface area contributed by atoms with E-state index in [4.69, 9.17) is 4.74 Å². The minimum atomic E-state index is 0.534. The van der Waals surface area contributed by atoms with Gasteiger partial charge in [-0.25, -0.2) is 4.98 Å². The Morgan fingerprint density at radius 3 is 2.14 bits per heavy atom. The molecule has 0 saturated heterocycles. The molecule has 0 bridgehead atoms. The Morgan fingerprint density at radius 1 is 0.810 bits per heavy atom. The van der Waals surface area contributed by atoms with Gasteiger partial charge in [0.2, 0.25) is 0 Å². The second kappa shape index (κ2) is 6.55. The number of halogens is 1. The summed E-state index contributed by atoms with van der Waals surface area (Å²) in [6, 6.07) is 24.1. The molecule has 3 rings (SSSR count). The standard InChI is InChI=1S/C18H14BrNO/c19-18-17(21-13-14-7-3-1-4-8-14)12-11-16(20-18)15-9-5-2-6-10-15/h1-12H,13H2. The van der Waals surface area contributed by atoms with Gasteiger partial charge < -0.3 is 4.74 Å². The van der Waals surface area contributed by atoms with Crippen LogP contribution >= 0.6 is 15.9 Å². The van der Waals surface area contributed by atoms with Crippen molar-refractivity contribution in [1.29, 1.82) is 0 Å². The molecule has 0 unspecified atom stereocenters. The molecular formula is C18H14BrNO. The maximum Gasteiger partial charge on any atom is 0.152 e. The van der Waals surface area contributed by atoms with E-state index in [-0.39, 0.29) is 0 Å². The topological polar surface area (TPSA) is 22.1 Å². The average molecular weight is 340 g/mol. The van der Waals surface area contributed by atoms with E-state index in [0.29, 0.717) is 6.61 Å². The van der Waals surface area contributed by atoms with E-state index in [2.05, 4.69) is 20.9 Å². The summed E-state index contributed by atoms with van der Waals surface area (Å²) in [5.74, 6) is 0.749. The van der Waals surface area contributed by atoms with Gasteiger partial charge in [0.25, 0.3) is 0 Å². The molecule has 0 fully saturated rings. The number of nitrogens with zero attached hydrogens (tertiary/aromatic N) is 1. The van der Waals surface area contributed by atoms with E-state index >= 15 is 0 Å². The molecule has 1 heterocycles. The van der Waals surface area contributed by atoms with Gasteiger partial charge in [0, 0.05) is 5.56 Å². The molecule has 21 heavy (non-hydrogen) atoms. The van der Waals surface area contributed by atoms with Gasteiger partial charge in [0.1, 0.15) is 11.2 Å². The summed E-state index contributed by atoms with van der Waals surface area (Å²) in [5.41, 5.74) is 3.15. The Hall–Kier alpha value is -2.13. The van der Waals surface area contributed by atoms with Crippen LogP contribution in [-0.2, 0) is 6.61 Å². The highest BCUT2D eigenvalue weighted by atomic mass is 79.9. The van der Waals surface area contributed by atoms with Crippen LogP contribution in [0.1, 0.15) is 5.56 Å². The third-order valence-electron chi connectivity index (χ3n) is 3.12. The van der Waals surface area contributed by atoms with E-state index in [1.165, 1.54) is 0 Å². The van der Waals surface area contributed by atoms with Gasteiger partial charge in [-0.1, -0.05) is 60.7 Å². The monoisotopic (exact) mass is 339 g/mol. The van der Waals surface area contributed by atoms with Crippen molar-refractivity contribution in [2.75, 3.05) is 0 Å². The number of rotatable bonds is 4. The molecule has 0 amide bonds. The molecular weight excluding hydrogens is 326 g/mol. The van der Waals surface area contributed by atoms with Crippen LogP contribution in [0.3, 0.4) is 0 Å². The van der Waals surface area contributed by atoms with Gasteiger partial charge in [-0.15, -0.1) is 0 Å². The third-order valence-corrected chi connectivity index (χ3v) is 3.69. The van der Waals surface area contributed by atoms with Crippen LogP contribution in [0.5, 0.6) is 5.75 Å². The van der Waals surface area contributed by atoms with Crippen molar-refractivity contribution in [3.8, 4) is 17.0 Å². The van der Waals surface area contributed by atoms with Crippen LogP contribution in [0.25, 0.3) is 11.3 Å². The van der Waals surface area contributed by atoms with Crippen LogP contribution in [0, 0.1) is 0 Å². The molecule has 3 aromatic rings. The fraction of sp³-hybridized carbons (Fsp3) is 0.0556. The van der Waals surface area contributed by atoms with Crippen LogP contribution in [0.2, 0.25) is 0 Å². The van der Waals surface area contributed by atoms with Gasteiger partial charge in [0.15, 0.2) is 5.75 Å². The molecule has 0 saturated carbocycles. The molecule has 3 heteroatoms. The van der Waals surface area contributed by atoms with E-state index in [0.717, 1.165) is 27.2 Å². The Kier molecular flexibility index (Phi) is 4.31. The Morgan fingerprint density at radius 2 is 1.48 bits per heavy atom. The van der Waals surface area contributed by atoms with Crippen LogP contribution in [0.15, 0.2) is 77.4 Å². The lowest BCUT2D eigenvalue weighted by Gasteiger charge is -2.09. The molecule has 1 aromatic heterocycles. The quantitative estimate of drug-likeness (QED) is 0.617. The van der Waals surface area contributed by atoms with Gasteiger partial charge in [-0.05, 0) is 33.6 Å². The van der Waals surface area contributed by atoms with E-state index in [1.54, 1.807) is 0 Å². The van der Waals surface area contributed by atoms with Gasteiger partial charge in [-0.2, -0.15) is 0 Å². The molecule has 0 atom stereocenters. The molecule has 0 spiro atoms. The van der Waals surface area contributed by atoms with E-state index in [1.807, 2.05) is 72.8 Å². The minimum absolute atomic E-state index is 0.534. The van der Waals surface area contributed by atoms with Crippen molar-refractivity contribution in [2.45, 2.75) is 6.61 Å². The molecule has 0 aliphatic carbocycles. The number of benzene rings is 2. The number of aromatic nitrogens is 1. The SMILES string of the molecule is Brc1nc(-c2ccccc2)ccc1OCc1ccccc1. The molecule has 104 valence electrons. The molecule has 0 aliphatic rings. The fourth-order valence-corrected chi connectivity index (χ4v) is 2.47. The van der Waals surface area contributed by atoms with Crippen LogP contribution in [0.4, 0.5) is 0 Å².